The first-order chi connectivity index (χ1) is 9.22. The van der Waals surface area contributed by atoms with Crippen LogP contribution in [-0.2, 0) is 6.54 Å². The largest absolute Gasteiger partial charge is 0.494 e. The van der Waals surface area contributed by atoms with E-state index >= 15 is 0 Å². The van der Waals surface area contributed by atoms with Crippen molar-refractivity contribution in [1.29, 1.82) is 0 Å². The molecule has 0 unspecified atom stereocenters. The van der Waals surface area contributed by atoms with Crippen LogP contribution in [0.1, 0.15) is 6.92 Å². The van der Waals surface area contributed by atoms with Crippen molar-refractivity contribution in [1.82, 2.24) is 15.0 Å². The number of hydrogen-bond donors (Lipinski definition) is 2. The normalized spacial score (nSPS) is 12.4. The Morgan fingerprint density at radius 3 is 2.74 bits per heavy atom. The minimum Gasteiger partial charge on any atom is -0.494 e. The van der Waals surface area contributed by atoms with Crippen LogP contribution in [0.15, 0.2) is 30.5 Å². The standard InChI is InChI=1S/C13H18N4O2/c1-2-19-12-5-3-10(4-6-12)13-9-17(16-15-13)8-11(18)7-14/h3-6,9,11,18H,2,7-8,14H2,1H3/t11-/m0/s1. The van der Waals surface area contributed by atoms with Gasteiger partial charge in [-0.2, -0.15) is 0 Å². The van der Waals surface area contributed by atoms with Gasteiger partial charge in [-0.05, 0) is 31.2 Å². The van der Waals surface area contributed by atoms with Crippen molar-refractivity contribution in [3.63, 3.8) is 0 Å². The molecule has 0 spiro atoms. The van der Waals surface area contributed by atoms with E-state index in [4.69, 9.17) is 10.5 Å². The fourth-order valence-electron chi connectivity index (χ4n) is 1.70. The summed E-state index contributed by atoms with van der Waals surface area (Å²) < 4.78 is 6.97. The molecule has 0 aliphatic rings. The Kier molecular flexibility index (Phi) is 4.48. The lowest BCUT2D eigenvalue weighted by atomic mass is 10.1. The van der Waals surface area contributed by atoms with Crippen LogP contribution in [-0.4, -0.2) is 39.4 Å². The summed E-state index contributed by atoms with van der Waals surface area (Å²) in [4.78, 5) is 0. The highest BCUT2D eigenvalue weighted by Gasteiger charge is 2.07. The van der Waals surface area contributed by atoms with Gasteiger partial charge in [0.1, 0.15) is 11.4 Å². The van der Waals surface area contributed by atoms with Gasteiger partial charge in [-0.25, -0.2) is 4.68 Å². The van der Waals surface area contributed by atoms with E-state index in [0.717, 1.165) is 17.0 Å². The van der Waals surface area contributed by atoms with E-state index in [9.17, 15) is 5.11 Å². The first kappa shape index (κ1) is 13.5. The van der Waals surface area contributed by atoms with Crippen LogP contribution in [0.2, 0.25) is 0 Å². The summed E-state index contributed by atoms with van der Waals surface area (Å²) in [5.74, 6) is 0.831. The third-order valence-corrected chi connectivity index (χ3v) is 2.67. The van der Waals surface area contributed by atoms with Gasteiger partial charge in [-0.3, -0.25) is 0 Å². The molecule has 0 saturated carbocycles. The second-order valence-electron chi connectivity index (χ2n) is 4.17. The molecule has 0 saturated heterocycles. The molecule has 3 N–H and O–H groups in total. The monoisotopic (exact) mass is 262 g/mol. The molecular weight excluding hydrogens is 244 g/mol. The number of nitrogens with zero attached hydrogens (tertiary/aromatic N) is 3. The molecule has 0 radical (unpaired) electrons. The quantitative estimate of drug-likeness (QED) is 0.798. The summed E-state index contributed by atoms with van der Waals surface area (Å²) >= 11 is 0. The molecule has 1 aromatic heterocycles. The van der Waals surface area contributed by atoms with Gasteiger partial charge in [0.15, 0.2) is 0 Å². The van der Waals surface area contributed by atoms with E-state index in [1.807, 2.05) is 31.2 Å². The summed E-state index contributed by atoms with van der Waals surface area (Å²) in [5, 5.41) is 17.5. The number of aromatic nitrogens is 3. The molecule has 0 fully saturated rings. The van der Waals surface area contributed by atoms with E-state index < -0.39 is 6.10 Å². The second-order valence-corrected chi connectivity index (χ2v) is 4.17. The van der Waals surface area contributed by atoms with Crippen molar-refractivity contribution in [3.8, 4) is 17.0 Å². The van der Waals surface area contributed by atoms with Crippen LogP contribution in [0, 0.1) is 0 Å². The Balaban J connectivity index is 2.09. The van der Waals surface area contributed by atoms with Crippen molar-refractivity contribution in [2.75, 3.05) is 13.2 Å². The van der Waals surface area contributed by atoms with Gasteiger partial charge in [0.05, 0.1) is 25.5 Å². The maximum atomic E-state index is 9.46. The van der Waals surface area contributed by atoms with Gasteiger partial charge in [0.25, 0.3) is 0 Å². The lowest BCUT2D eigenvalue weighted by molar-refractivity contribution is 0.156. The van der Waals surface area contributed by atoms with Gasteiger partial charge >= 0.3 is 0 Å². The van der Waals surface area contributed by atoms with Crippen LogP contribution in [0.4, 0.5) is 0 Å². The minimum absolute atomic E-state index is 0.207. The van der Waals surface area contributed by atoms with Crippen molar-refractivity contribution in [2.45, 2.75) is 19.6 Å². The fourth-order valence-corrected chi connectivity index (χ4v) is 1.70. The molecular formula is C13H18N4O2. The van der Waals surface area contributed by atoms with Crippen molar-refractivity contribution >= 4 is 0 Å². The first-order valence-corrected chi connectivity index (χ1v) is 6.24. The lowest BCUT2D eigenvalue weighted by Crippen LogP contribution is -2.25. The molecule has 1 atom stereocenters. The zero-order chi connectivity index (χ0) is 13.7. The average molecular weight is 262 g/mol. The van der Waals surface area contributed by atoms with E-state index in [1.54, 1.807) is 10.9 Å². The minimum atomic E-state index is -0.602. The van der Waals surface area contributed by atoms with Crippen LogP contribution < -0.4 is 10.5 Å². The molecule has 0 amide bonds. The van der Waals surface area contributed by atoms with Gasteiger partial charge in [0, 0.05) is 12.1 Å². The third kappa shape index (κ3) is 3.52. The topological polar surface area (TPSA) is 86.2 Å². The molecule has 6 nitrogen and oxygen atoms in total. The van der Waals surface area contributed by atoms with Crippen LogP contribution in [0.5, 0.6) is 5.75 Å². The molecule has 102 valence electrons. The predicted molar refractivity (Wildman–Crippen MR) is 71.7 cm³/mol. The molecule has 2 rings (SSSR count). The Bertz CT molecular complexity index is 510. The molecule has 0 aliphatic carbocycles. The van der Waals surface area contributed by atoms with E-state index in [0.29, 0.717) is 13.2 Å². The number of hydrogen-bond acceptors (Lipinski definition) is 5. The average Bonchev–Trinajstić information content (AvgIpc) is 2.88. The molecule has 0 aliphatic heterocycles. The van der Waals surface area contributed by atoms with E-state index in [1.165, 1.54) is 0 Å². The Hall–Kier alpha value is -1.92. The number of rotatable bonds is 6. The first-order valence-electron chi connectivity index (χ1n) is 6.24. The highest BCUT2D eigenvalue weighted by Crippen LogP contribution is 2.20. The van der Waals surface area contributed by atoms with Crippen LogP contribution >= 0.6 is 0 Å². The Morgan fingerprint density at radius 2 is 2.11 bits per heavy atom. The summed E-state index contributed by atoms with van der Waals surface area (Å²) in [6.45, 7) is 3.15. The van der Waals surface area contributed by atoms with Crippen LogP contribution in [0.3, 0.4) is 0 Å². The SMILES string of the molecule is CCOc1ccc(-c2cn(C[C@@H](O)CN)nn2)cc1. The van der Waals surface area contributed by atoms with E-state index in [-0.39, 0.29) is 6.54 Å². The second kappa shape index (κ2) is 6.31. The fraction of sp³-hybridized carbons (Fsp3) is 0.385. The third-order valence-electron chi connectivity index (χ3n) is 2.67. The smallest absolute Gasteiger partial charge is 0.119 e. The highest BCUT2D eigenvalue weighted by molar-refractivity contribution is 5.58. The Morgan fingerprint density at radius 1 is 1.37 bits per heavy atom. The highest BCUT2D eigenvalue weighted by atomic mass is 16.5. The number of benzene rings is 1. The molecule has 1 heterocycles. The summed E-state index contributed by atoms with van der Waals surface area (Å²) in [7, 11) is 0. The van der Waals surface area contributed by atoms with Crippen molar-refractivity contribution in [2.24, 2.45) is 5.73 Å². The Labute approximate surface area is 111 Å². The molecule has 2 aromatic rings. The van der Waals surface area contributed by atoms with Gasteiger partial charge in [0.2, 0.25) is 0 Å². The van der Waals surface area contributed by atoms with Crippen LogP contribution in [0.25, 0.3) is 11.3 Å². The summed E-state index contributed by atoms with van der Waals surface area (Å²) in [6, 6.07) is 7.65. The maximum Gasteiger partial charge on any atom is 0.119 e. The zero-order valence-corrected chi connectivity index (χ0v) is 10.9. The number of ether oxygens (including phenoxy) is 1. The molecule has 19 heavy (non-hydrogen) atoms. The van der Waals surface area contributed by atoms with Gasteiger partial charge in [-0.15, -0.1) is 5.10 Å². The summed E-state index contributed by atoms with van der Waals surface area (Å²) in [5.41, 5.74) is 7.07. The van der Waals surface area contributed by atoms with Crippen molar-refractivity contribution in [3.05, 3.63) is 30.5 Å². The van der Waals surface area contributed by atoms with Gasteiger partial charge < -0.3 is 15.6 Å². The zero-order valence-electron chi connectivity index (χ0n) is 10.9. The van der Waals surface area contributed by atoms with Gasteiger partial charge in [-0.1, -0.05) is 5.21 Å². The molecule has 6 heteroatoms. The van der Waals surface area contributed by atoms with E-state index in [2.05, 4.69) is 10.3 Å². The molecule has 1 aromatic carbocycles. The number of aliphatic hydroxyl groups excluding tert-OH is 1. The summed E-state index contributed by atoms with van der Waals surface area (Å²) in [6.07, 6.45) is 1.18. The van der Waals surface area contributed by atoms with Crippen molar-refractivity contribution < 1.29 is 9.84 Å². The predicted octanol–water partition coefficient (Wildman–Crippen LogP) is 0.663. The lowest BCUT2D eigenvalue weighted by Gasteiger charge is -2.05. The molecule has 0 bridgehead atoms. The number of nitrogens with two attached hydrogens (primary N) is 1. The maximum absolute atomic E-state index is 9.46. The number of aliphatic hydroxyl groups is 1.